The number of benzene rings is 1. The molecule has 1 rings (SSSR count). The van der Waals surface area contributed by atoms with Gasteiger partial charge in [-0.3, -0.25) is 0 Å². The first-order chi connectivity index (χ1) is 6.11. The van der Waals surface area contributed by atoms with E-state index in [0.717, 1.165) is 29.5 Å². The number of phenolic OH excluding ortho intramolecular Hbond substituents is 2. The van der Waals surface area contributed by atoms with Crippen LogP contribution in [-0.2, 0) is 12.8 Å². The summed E-state index contributed by atoms with van der Waals surface area (Å²) in [4.78, 5) is 0. The molecule has 1 aromatic rings. The lowest BCUT2D eigenvalue weighted by Crippen LogP contribution is -1.94. The van der Waals surface area contributed by atoms with Crippen LogP contribution in [0, 0.1) is 6.92 Å². The molecule has 2 N–H and O–H groups in total. The number of hydrogen-bond acceptors (Lipinski definition) is 2. The molecule has 0 spiro atoms. The Morgan fingerprint density at radius 2 is 1.38 bits per heavy atom. The van der Waals surface area contributed by atoms with Crippen LogP contribution in [0.5, 0.6) is 11.5 Å². The Balaban J connectivity index is 3.39. The number of aromatic hydroxyl groups is 2. The van der Waals surface area contributed by atoms with Gasteiger partial charge in [0, 0.05) is 6.07 Å². The maximum Gasteiger partial charge on any atom is 0.122 e. The minimum Gasteiger partial charge on any atom is -0.508 e. The predicted molar refractivity (Wildman–Crippen MR) is 53.3 cm³/mol. The molecule has 13 heavy (non-hydrogen) atoms. The molecule has 0 radical (unpaired) electrons. The summed E-state index contributed by atoms with van der Waals surface area (Å²) in [5.74, 6) is 0.407. The summed E-state index contributed by atoms with van der Waals surface area (Å²) in [7, 11) is 0. The summed E-state index contributed by atoms with van der Waals surface area (Å²) < 4.78 is 0. The topological polar surface area (TPSA) is 40.5 Å². The summed E-state index contributed by atoms with van der Waals surface area (Å²) in [5, 5.41) is 19.1. The summed E-state index contributed by atoms with van der Waals surface area (Å²) in [6.45, 7) is 5.94. The monoisotopic (exact) mass is 180 g/mol. The second kappa shape index (κ2) is 3.69. The van der Waals surface area contributed by atoms with E-state index >= 15 is 0 Å². The molecule has 2 nitrogen and oxygen atoms in total. The third-order valence-corrected chi connectivity index (χ3v) is 2.50. The third-order valence-electron chi connectivity index (χ3n) is 2.50. The van der Waals surface area contributed by atoms with Gasteiger partial charge in [-0.05, 0) is 36.5 Å². The standard InChI is InChI=1S/C11H16O2/c1-4-8-7(3)9(5-2)11(13)6-10(8)12/h6,12-13H,4-5H2,1-3H3. The van der Waals surface area contributed by atoms with E-state index in [0.29, 0.717) is 0 Å². The lowest BCUT2D eigenvalue weighted by molar-refractivity contribution is 0.441. The van der Waals surface area contributed by atoms with Crippen molar-refractivity contribution in [2.75, 3.05) is 0 Å². The van der Waals surface area contributed by atoms with Crippen molar-refractivity contribution >= 4 is 0 Å². The lowest BCUT2D eigenvalue weighted by atomic mass is 9.97. The van der Waals surface area contributed by atoms with Crippen molar-refractivity contribution in [3.8, 4) is 11.5 Å². The zero-order valence-corrected chi connectivity index (χ0v) is 8.39. The Morgan fingerprint density at radius 1 is 1.00 bits per heavy atom. The molecule has 1 aromatic carbocycles. The average molecular weight is 180 g/mol. The summed E-state index contributed by atoms with van der Waals surface area (Å²) in [6, 6.07) is 1.44. The van der Waals surface area contributed by atoms with Crippen molar-refractivity contribution < 1.29 is 10.2 Å². The van der Waals surface area contributed by atoms with Crippen LogP contribution in [0.1, 0.15) is 30.5 Å². The van der Waals surface area contributed by atoms with Gasteiger partial charge in [-0.1, -0.05) is 13.8 Å². The highest BCUT2D eigenvalue weighted by atomic mass is 16.3. The van der Waals surface area contributed by atoms with Gasteiger partial charge in [0.05, 0.1) is 0 Å². The van der Waals surface area contributed by atoms with E-state index in [9.17, 15) is 10.2 Å². The fourth-order valence-corrected chi connectivity index (χ4v) is 1.76. The largest absolute Gasteiger partial charge is 0.508 e. The van der Waals surface area contributed by atoms with Crippen LogP contribution in [0.15, 0.2) is 6.07 Å². The Morgan fingerprint density at radius 3 is 1.69 bits per heavy atom. The molecule has 0 unspecified atom stereocenters. The smallest absolute Gasteiger partial charge is 0.122 e. The van der Waals surface area contributed by atoms with Crippen molar-refractivity contribution in [3.63, 3.8) is 0 Å². The van der Waals surface area contributed by atoms with E-state index in [-0.39, 0.29) is 11.5 Å². The number of rotatable bonds is 2. The van der Waals surface area contributed by atoms with Crippen LogP contribution >= 0.6 is 0 Å². The second-order valence-corrected chi connectivity index (χ2v) is 3.20. The van der Waals surface area contributed by atoms with Gasteiger partial charge in [0.1, 0.15) is 11.5 Å². The van der Waals surface area contributed by atoms with Gasteiger partial charge in [-0.25, -0.2) is 0 Å². The SMILES string of the molecule is CCc1c(O)cc(O)c(CC)c1C. The number of phenols is 2. The zero-order chi connectivity index (χ0) is 10.0. The van der Waals surface area contributed by atoms with Gasteiger partial charge in [-0.15, -0.1) is 0 Å². The van der Waals surface area contributed by atoms with E-state index in [2.05, 4.69) is 0 Å². The fraction of sp³-hybridized carbons (Fsp3) is 0.455. The van der Waals surface area contributed by atoms with E-state index in [1.165, 1.54) is 6.07 Å². The molecule has 0 aliphatic rings. The number of hydrogen-bond donors (Lipinski definition) is 2. The molecule has 0 saturated carbocycles. The average Bonchev–Trinajstić information content (AvgIpc) is 2.04. The van der Waals surface area contributed by atoms with Crippen molar-refractivity contribution in [2.45, 2.75) is 33.6 Å². The van der Waals surface area contributed by atoms with Crippen LogP contribution < -0.4 is 0 Å². The molecular formula is C11H16O2. The molecule has 72 valence electrons. The first-order valence-electron chi connectivity index (χ1n) is 4.65. The molecule has 0 saturated heterocycles. The molecule has 0 amide bonds. The van der Waals surface area contributed by atoms with Crippen LogP contribution in [-0.4, -0.2) is 10.2 Å². The fourth-order valence-electron chi connectivity index (χ4n) is 1.76. The normalized spacial score (nSPS) is 10.4. The molecule has 0 bridgehead atoms. The first kappa shape index (κ1) is 9.90. The highest BCUT2D eigenvalue weighted by Gasteiger charge is 2.11. The second-order valence-electron chi connectivity index (χ2n) is 3.20. The van der Waals surface area contributed by atoms with E-state index in [1.54, 1.807) is 0 Å². The van der Waals surface area contributed by atoms with Crippen molar-refractivity contribution in [1.82, 2.24) is 0 Å². The van der Waals surface area contributed by atoms with E-state index in [4.69, 9.17) is 0 Å². The van der Waals surface area contributed by atoms with Gasteiger partial charge in [0.15, 0.2) is 0 Å². The highest BCUT2D eigenvalue weighted by Crippen LogP contribution is 2.32. The molecule has 0 atom stereocenters. The van der Waals surface area contributed by atoms with Crippen LogP contribution in [0.2, 0.25) is 0 Å². The predicted octanol–water partition coefficient (Wildman–Crippen LogP) is 2.53. The van der Waals surface area contributed by atoms with Gasteiger partial charge in [0.25, 0.3) is 0 Å². The van der Waals surface area contributed by atoms with Crippen LogP contribution in [0.4, 0.5) is 0 Å². The maximum absolute atomic E-state index is 9.53. The third kappa shape index (κ3) is 1.62. The van der Waals surface area contributed by atoms with Gasteiger partial charge >= 0.3 is 0 Å². The van der Waals surface area contributed by atoms with Crippen molar-refractivity contribution in [1.29, 1.82) is 0 Å². The van der Waals surface area contributed by atoms with Crippen molar-refractivity contribution in [3.05, 3.63) is 22.8 Å². The molecule has 2 heteroatoms. The zero-order valence-electron chi connectivity index (χ0n) is 8.39. The van der Waals surface area contributed by atoms with Gasteiger partial charge < -0.3 is 10.2 Å². The van der Waals surface area contributed by atoms with Gasteiger partial charge in [-0.2, -0.15) is 0 Å². The minimum atomic E-state index is 0.203. The van der Waals surface area contributed by atoms with Crippen LogP contribution in [0.3, 0.4) is 0 Å². The molecular weight excluding hydrogens is 164 g/mol. The summed E-state index contributed by atoms with van der Waals surface area (Å²) >= 11 is 0. The van der Waals surface area contributed by atoms with E-state index < -0.39 is 0 Å². The van der Waals surface area contributed by atoms with E-state index in [1.807, 2.05) is 20.8 Å². The molecule has 0 aliphatic heterocycles. The Hall–Kier alpha value is -1.18. The Bertz CT molecular complexity index is 288. The molecule has 0 aliphatic carbocycles. The highest BCUT2D eigenvalue weighted by molar-refractivity contribution is 5.51. The van der Waals surface area contributed by atoms with Gasteiger partial charge in [0.2, 0.25) is 0 Å². The summed E-state index contributed by atoms with van der Waals surface area (Å²) in [6.07, 6.45) is 1.59. The summed E-state index contributed by atoms with van der Waals surface area (Å²) in [5.41, 5.74) is 2.90. The quantitative estimate of drug-likeness (QED) is 0.734. The molecule has 0 aromatic heterocycles. The Labute approximate surface area is 78.8 Å². The van der Waals surface area contributed by atoms with Crippen molar-refractivity contribution in [2.24, 2.45) is 0 Å². The van der Waals surface area contributed by atoms with Crippen LogP contribution in [0.25, 0.3) is 0 Å². The molecule has 0 fully saturated rings. The Kier molecular flexibility index (Phi) is 2.81. The first-order valence-corrected chi connectivity index (χ1v) is 4.65. The lowest BCUT2D eigenvalue weighted by Gasteiger charge is -2.12. The maximum atomic E-state index is 9.53. The minimum absolute atomic E-state index is 0.203. The molecule has 0 heterocycles.